The summed E-state index contributed by atoms with van der Waals surface area (Å²) in [4.78, 5) is 24.7. The standard InChI is InChI=1S/C20H13F6N3O3/c1-11-9-16(30)17(28-29(11)14-4-2-3-12(10-14)19(21,22)23)18(31)27-13-5-7-15(8-6-13)32-20(24,25)26/h2-10H,1H3,(H,27,31). The molecule has 1 amide bonds. The molecular formula is C20H13F6N3O3. The zero-order chi connectivity index (χ0) is 23.7. The van der Waals surface area contributed by atoms with Crippen molar-refractivity contribution in [3.05, 3.63) is 81.8 Å². The molecular weight excluding hydrogens is 444 g/mol. The fourth-order valence-electron chi connectivity index (χ4n) is 2.71. The van der Waals surface area contributed by atoms with Crippen LogP contribution in [0.5, 0.6) is 5.75 Å². The van der Waals surface area contributed by atoms with Gasteiger partial charge in [0, 0.05) is 17.4 Å². The number of halogens is 6. The molecule has 3 rings (SSSR count). The Hall–Kier alpha value is -3.83. The largest absolute Gasteiger partial charge is 0.573 e. The summed E-state index contributed by atoms with van der Waals surface area (Å²) in [7, 11) is 0. The van der Waals surface area contributed by atoms with Crippen molar-refractivity contribution in [1.82, 2.24) is 9.78 Å². The van der Waals surface area contributed by atoms with E-state index in [-0.39, 0.29) is 17.1 Å². The van der Waals surface area contributed by atoms with Gasteiger partial charge in [0.15, 0.2) is 5.69 Å². The molecule has 0 bridgehead atoms. The molecule has 1 heterocycles. The molecule has 0 aliphatic carbocycles. The third-order valence-electron chi connectivity index (χ3n) is 4.09. The van der Waals surface area contributed by atoms with Crippen LogP contribution >= 0.6 is 0 Å². The van der Waals surface area contributed by atoms with Crippen LogP contribution in [-0.2, 0) is 6.18 Å². The van der Waals surface area contributed by atoms with E-state index in [4.69, 9.17) is 0 Å². The second kappa shape index (κ2) is 8.36. The number of alkyl halides is 6. The zero-order valence-electron chi connectivity index (χ0n) is 16.1. The Morgan fingerprint density at radius 3 is 2.25 bits per heavy atom. The van der Waals surface area contributed by atoms with Gasteiger partial charge in [-0.1, -0.05) is 6.07 Å². The van der Waals surface area contributed by atoms with Crippen molar-refractivity contribution in [1.29, 1.82) is 0 Å². The molecule has 1 aromatic heterocycles. The Balaban J connectivity index is 1.89. The Bertz CT molecular complexity index is 1200. The molecule has 6 nitrogen and oxygen atoms in total. The first-order valence-corrected chi connectivity index (χ1v) is 8.79. The van der Waals surface area contributed by atoms with Gasteiger partial charge in [0.25, 0.3) is 5.91 Å². The predicted octanol–water partition coefficient (Wildman–Crippen LogP) is 4.71. The minimum atomic E-state index is -4.88. The Labute approximate surface area is 176 Å². The average molecular weight is 457 g/mol. The van der Waals surface area contributed by atoms with Gasteiger partial charge in [-0.15, -0.1) is 13.2 Å². The molecule has 168 valence electrons. The van der Waals surface area contributed by atoms with E-state index in [9.17, 15) is 35.9 Å². The Morgan fingerprint density at radius 2 is 1.66 bits per heavy atom. The molecule has 0 fully saturated rings. The van der Waals surface area contributed by atoms with Crippen LogP contribution in [0, 0.1) is 6.92 Å². The molecule has 2 aromatic carbocycles. The summed E-state index contributed by atoms with van der Waals surface area (Å²) < 4.78 is 80.4. The van der Waals surface area contributed by atoms with Crippen molar-refractivity contribution < 1.29 is 35.9 Å². The van der Waals surface area contributed by atoms with Crippen LogP contribution in [0.25, 0.3) is 5.69 Å². The number of hydrogen-bond acceptors (Lipinski definition) is 4. The Kier molecular flexibility index (Phi) is 5.97. The van der Waals surface area contributed by atoms with Crippen LogP contribution in [-0.4, -0.2) is 22.1 Å². The van der Waals surface area contributed by atoms with E-state index in [0.29, 0.717) is 0 Å². The highest BCUT2D eigenvalue weighted by atomic mass is 19.4. The SMILES string of the molecule is Cc1cc(=O)c(C(=O)Nc2ccc(OC(F)(F)F)cc2)nn1-c1cccc(C(F)(F)F)c1. The number of rotatable bonds is 4. The van der Waals surface area contributed by atoms with Crippen LogP contribution in [0.2, 0.25) is 0 Å². The highest BCUT2D eigenvalue weighted by molar-refractivity contribution is 6.02. The van der Waals surface area contributed by atoms with Crippen molar-refractivity contribution in [2.24, 2.45) is 0 Å². The quantitative estimate of drug-likeness (QED) is 0.576. The second-order valence-corrected chi connectivity index (χ2v) is 6.48. The summed E-state index contributed by atoms with van der Waals surface area (Å²) in [6.07, 6.45) is -9.49. The summed E-state index contributed by atoms with van der Waals surface area (Å²) in [5, 5.41) is 6.17. The van der Waals surface area contributed by atoms with Crippen LogP contribution in [0.3, 0.4) is 0 Å². The molecule has 0 saturated carbocycles. The Morgan fingerprint density at radius 1 is 1.00 bits per heavy atom. The van der Waals surface area contributed by atoms with Gasteiger partial charge in [-0.05, 0) is 49.4 Å². The molecule has 1 N–H and O–H groups in total. The molecule has 0 radical (unpaired) electrons. The lowest BCUT2D eigenvalue weighted by Crippen LogP contribution is -2.27. The summed E-state index contributed by atoms with van der Waals surface area (Å²) in [6, 6.07) is 9.30. The van der Waals surface area contributed by atoms with Crippen LogP contribution in [0.1, 0.15) is 21.7 Å². The lowest BCUT2D eigenvalue weighted by molar-refractivity contribution is -0.274. The summed E-state index contributed by atoms with van der Waals surface area (Å²) in [6.45, 7) is 1.43. The third kappa shape index (κ3) is 5.45. The lowest BCUT2D eigenvalue weighted by Gasteiger charge is -2.14. The first-order chi connectivity index (χ1) is 14.8. The number of aromatic nitrogens is 2. The van der Waals surface area contributed by atoms with Crippen molar-refractivity contribution >= 4 is 11.6 Å². The molecule has 3 aromatic rings. The predicted molar refractivity (Wildman–Crippen MR) is 101 cm³/mol. The van der Waals surface area contributed by atoms with E-state index in [2.05, 4.69) is 15.2 Å². The van der Waals surface area contributed by atoms with Crippen molar-refractivity contribution in [3.8, 4) is 11.4 Å². The summed E-state index contributed by atoms with van der Waals surface area (Å²) in [5.74, 6) is -1.52. The molecule has 12 heteroatoms. The summed E-state index contributed by atoms with van der Waals surface area (Å²) in [5.41, 5.74) is -2.16. The van der Waals surface area contributed by atoms with E-state index >= 15 is 0 Å². The smallest absolute Gasteiger partial charge is 0.406 e. The normalized spacial score (nSPS) is 11.8. The zero-order valence-corrected chi connectivity index (χ0v) is 16.1. The number of nitrogens with one attached hydrogen (secondary N) is 1. The van der Waals surface area contributed by atoms with E-state index in [0.717, 1.165) is 53.2 Å². The van der Waals surface area contributed by atoms with E-state index in [1.54, 1.807) is 0 Å². The molecule has 0 spiro atoms. The van der Waals surface area contributed by atoms with Gasteiger partial charge in [-0.3, -0.25) is 9.59 Å². The maximum atomic E-state index is 13.0. The number of nitrogens with zero attached hydrogens (tertiary/aromatic N) is 2. The topological polar surface area (TPSA) is 73.2 Å². The van der Waals surface area contributed by atoms with Gasteiger partial charge in [0.1, 0.15) is 5.75 Å². The molecule has 0 unspecified atom stereocenters. The van der Waals surface area contributed by atoms with Crippen molar-refractivity contribution in [2.45, 2.75) is 19.5 Å². The van der Waals surface area contributed by atoms with E-state index in [1.165, 1.54) is 13.0 Å². The third-order valence-corrected chi connectivity index (χ3v) is 4.09. The number of carbonyl (C=O) groups excluding carboxylic acids is 1. The number of amides is 1. The minimum Gasteiger partial charge on any atom is -0.406 e. The van der Waals surface area contributed by atoms with Gasteiger partial charge in [0.05, 0.1) is 11.3 Å². The fraction of sp³-hybridized carbons (Fsp3) is 0.150. The average Bonchev–Trinajstić information content (AvgIpc) is 2.68. The lowest BCUT2D eigenvalue weighted by atomic mass is 10.2. The number of benzene rings is 2. The molecule has 0 atom stereocenters. The number of anilines is 1. The molecule has 0 saturated heterocycles. The van der Waals surface area contributed by atoms with Crippen molar-refractivity contribution in [2.75, 3.05) is 5.32 Å². The molecule has 0 aliphatic rings. The number of aryl methyl sites for hydroxylation is 1. The number of carbonyl (C=O) groups is 1. The molecule has 0 aliphatic heterocycles. The first-order valence-electron chi connectivity index (χ1n) is 8.79. The van der Waals surface area contributed by atoms with Gasteiger partial charge in [-0.25, -0.2) is 4.68 Å². The molecule has 32 heavy (non-hydrogen) atoms. The van der Waals surface area contributed by atoms with E-state index < -0.39 is 40.9 Å². The maximum absolute atomic E-state index is 13.0. The van der Waals surface area contributed by atoms with Gasteiger partial charge >= 0.3 is 12.5 Å². The van der Waals surface area contributed by atoms with Crippen LogP contribution in [0.4, 0.5) is 32.0 Å². The second-order valence-electron chi connectivity index (χ2n) is 6.48. The highest BCUT2D eigenvalue weighted by Gasteiger charge is 2.31. The van der Waals surface area contributed by atoms with Crippen molar-refractivity contribution in [3.63, 3.8) is 0 Å². The van der Waals surface area contributed by atoms with E-state index in [1.807, 2.05) is 0 Å². The monoisotopic (exact) mass is 457 g/mol. The highest BCUT2D eigenvalue weighted by Crippen LogP contribution is 2.30. The maximum Gasteiger partial charge on any atom is 0.573 e. The van der Waals surface area contributed by atoms with Crippen LogP contribution < -0.4 is 15.5 Å². The summed E-state index contributed by atoms with van der Waals surface area (Å²) >= 11 is 0. The first kappa shape index (κ1) is 22.8. The number of ether oxygens (including phenoxy) is 1. The minimum absolute atomic E-state index is 0.0278. The fourth-order valence-corrected chi connectivity index (χ4v) is 2.71. The van der Waals surface area contributed by atoms with Gasteiger partial charge in [0.2, 0.25) is 5.43 Å². The van der Waals surface area contributed by atoms with Gasteiger partial charge in [-0.2, -0.15) is 18.3 Å². The van der Waals surface area contributed by atoms with Gasteiger partial charge < -0.3 is 10.1 Å². The number of hydrogen-bond donors (Lipinski definition) is 1. The van der Waals surface area contributed by atoms with Crippen LogP contribution in [0.15, 0.2) is 59.4 Å².